The average Bonchev–Trinajstić information content (AvgIpc) is 2.30. The first-order chi connectivity index (χ1) is 5.29. The van der Waals surface area contributed by atoms with E-state index < -0.39 is 6.09 Å². The molecule has 1 heterocycles. The predicted octanol–water partition coefficient (Wildman–Crippen LogP) is 1.41. The number of amides is 1. The number of para-hydroxylation sites is 1. The van der Waals surface area contributed by atoms with Gasteiger partial charge in [-0.25, -0.2) is 0 Å². The Morgan fingerprint density at radius 1 is 1.55 bits per heavy atom. The van der Waals surface area contributed by atoms with Crippen LogP contribution in [-0.4, -0.2) is 10.9 Å². The molecule has 0 spiro atoms. The molecular formula is C7H3NO3+. The molecule has 0 bridgehead atoms. The van der Waals surface area contributed by atoms with E-state index in [1.807, 2.05) is 0 Å². The van der Waals surface area contributed by atoms with Crippen LogP contribution in [0.2, 0.25) is 0 Å². The van der Waals surface area contributed by atoms with Crippen molar-refractivity contribution in [1.29, 1.82) is 0 Å². The van der Waals surface area contributed by atoms with Gasteiger partial charge in [-0.05, 0) is 12.1 Å². The van der Waals surface area contributed by atoms with Crippen LogP contribution >= 0.6 is 0 Å². The minimum Gasteiger partial charge on any atom is -0.362 e. The Labute approximate surface area is 62.0 Å². The Morgan fingerprint density at radius 2 is 2.36 bits per heavy atom. The molecule has 0 N–H and O–H groups in total. The van der Waals surface area contributed by atoms with Gasteiger partial charge in [0.05, 0.1) is 6.07 Å². The fourth-order valence-electron chi connectivity index (χ4n) is 0.880. The Hall–Kier alpha value is -1.71. The van der Waals surface area contributed by atoms with E-state index in [-0.39, 0.29) is 16.2 Å². The number of hydrogen-bond acceptors (Lipinski definition) is 3. The second-order valence-electron chi connectivity index (χ2n) is 2.05. The summed E-state index contributed by atoms with van der Waals surface area (Å²) < 4.78 is 4.74. The predicted molar refractivity (Wildman–Crippen MR) is 34.6 cm³/mol. The summed E-state index contributed by atoms with van der Waals surface area (Å²) in [5.74, 6) is 0.271. The van der Waals surface area contributed by atoms with Gasteiger partial charge in [-0.3, -0.25) is 0 Å². The Kier molecular flexibility index (Phi) is 1.03. The molecule has 0 fully saturated rings. The van der Waals surface area contributed by atoms with Gasteiger partial charge >= 0.3 is 11.8 Å². The first-order valence-electron chi connectivity index (χ1n) is 2.99. The summed E-state index contributed by atoms with van der Waals surface area (Å²) in [6.45, 7) is 0. The first-order valence-corrected chi connectivity index (χ1v) is 2.99. The van der Waals surface area contributed by atoms with Crippen LogP contribution in [0.15, 0.2) is 18.2 Å². The molecule has 2 rings (SSSR count). The summed E-state index contributed by atoms with van der Waals surface area (Å²) in [5, 5.41) is 0. The van der Waals surface area contributed by atoms with E-state index in [4.69, 9.17) is 0 Å². The van der Waals surface area contributed by atoms with Crippen molar-refractivity contribution in [3.05, 3.63) is 29.2 Å². The highest BCUT2D eigenvalue weighted by Gasteiger charge is 2.40. The van der Waals surface area contributed by atoms with Crippen LogP contribution in [0.4, 0.5) is 10.5 Å². The second kappa shape index (κ2) is 1.88. The van der Waals surface area contributed by atoms with E-state index >= 15 is 0 Å². The lowest BCUT2D eigenvalue weighted by Crippen LogP contribution is -2.08. The molecule has 0 saturated heterocycles. The zero-order valence-electron chi connectivity index (χ0n) is 5.40. The number of carbonyl (C=O) groups is 1. The van der Waals surface area contributed by atoms with Crippen molar-refractivity contribution >= 4 is 11.8 Å². The molecule has 1 aromatic rings. The third-order valence-corrected chi connectivity index (χ3v) is 1.36. The summed E-state index contributed by atoms with van der Waals surface area (Å²) in [6, 6.07) is 7.33. The minimum absolute atomic E-state index is 0.150. The van der Waals surface area contributed by atoms with Crippen molar-refractivity contribution in [2.75, 3.05) is 0 Å². The molecule has 1 amide bonds. The normalized spacial score (nSPS) is 14.5. The van der Waals surface area contributed by atoms with Gasteiger partial charge < -0.3 is 4.74 Å². The molecule has 4 nitrogen and oxygen atoms in total. The van der Waals surface area contributed by atoms with Gasteiger partial charge in [0, 0.05) is 4.91 Å². The van der Waals surface area contributed by atoms with E-state index in [0.29, 0.717) is 0 Å². The second-order valence-corrected chi connectivity index (χ2v) is 2.05. The fourth-order valence-corrected chi connectivity index (χ4v) is 0.880. The molecule has 1 aliphatic heterocycles. The van der Waals surface area contributed by atoms with Crippen molar-refractivity contribution in [1.82, 2.24) is 0 Å². The molecule has 1 aromatic carbocycles. The zero-order chi connectivity index (χ0) is 7.84. The molecular weight excluding hydrogens is 146 g/mol. The molecule has 1 radical (unpaired) electrons. The number of benzene rings is 1. The van der Waals surface area contributed by atoms with Gasteiger partial charge in [0.2, 0.25) is 5.75 Å². The summed E-state index contributed by atoms with van der Waals surface area (Å²) in [5.41, 5.74) is 0.150. The summed E-state index contributed by atoms with van der Waals surface area (Å²) in [6.07, 6.45) is -0.901. The van der Waals surface area contributed by atoms with Crippen LogP contribution in [-0.2, 0) is 0 Å². The lowest BCUT2D eigenvalue weighted by atomic mass is 10.3. The van der Waals surface area contributed by atoms with Gasteiger partial charge in [0.15, 0.2) is 4.76 Å². The van der Waals surface area contributed by atoms with Gasteiger partial charge in [0.25, 0.3) is 0 Å². The number of fused-ring (bicyclic) bond motifs is 1. The van der Waals surface area contributed by atoms with Crippen molar-refractivity contribution in [2.24, 2.45) is 0 Å². The summed E-state index contributed by atoms with van der Waals surface area (Å²) in [7, 11) is 0. The largest absolute Gasteiger partial charge is 0.657 e. The van der Waals surface area contributed by atoms with Crippen LogP contribution in [0.3, 0.4) is 0 Å². The smallest absolute Gasteiger partial charge is 0.362 e. The Morgan fingerprint density at radius 3 is 3.09 bits per heavy atom. The maximum absolute atomic E-state index is 10.8. The molecule has 0 aliphatic carbocycles. The van der Waals surface area contributed by atoms with Crippen molar-refractivity contribution < 1.29 is 14.3 Å². The zero-order valence-corrected chi connectivity index (χ0v) is 5.40. The van der Waals surface area contributed by atoms with Gasteiger partial charge in [-0.2, -0.15) is 4.79 Å². The number of nitroso groups, excluding NO2 is 1. The van der Waals surface area contributed by atoms with E-state index in [9.17, 15) is 9.70 Å². The van der Waals surface area contributed by atoms with Crippen molar-refractivity contribution in [3.63, 3.8) is 0 Å². The molecule has 53 valence electrons. The average molecular weight is 149 g/mol. The van der Waals surface area contributed by atoms with Gasteiger partial charge in [0.1, 0.15) is 0 Å². The minimum atomic E-state index is -0.901. The molecule has 0 atom stereocenters. The molecule has 0 saturated carbocycles. The summed E-state index contributed by atoms with van der Waals surface area (Å²) >= 11 is 0. The van der Waals surface area contributed by atoms with Crippen LogP contribution in [0.5, 0.6) is 5.75 Å². The lowest BCUT2D eigenvalue weighted by Gasteiger charge is -1.81. The number of hydrogen-bond donors (Lipinski definition) is 0. The summed E-state index contributed by atoms with van der Waals surface area (Å²) in [4.78, 5) is 21.4. The van der Waals surface area contributed by atoms with Gasteiger partial charge in [-0.1, -0.05) is 6.07 Å². The SMILES string of the molecule is O=C1Oc2ccc[c]c2[N+]1=O. The first kappa shape index (κ1) is 6.03. The number of nitrogens with zero attached hydrogens (tertiary/aromatic N) is 1. The highest BCUT2D eigenvalue weighted by Crippen LogP contribution is 2.31. The Balaban J connectivity index is 2.64. The van der Waals surface area contributed by atoms with Crippen LogP contribution < -0.4 is 4.74 Å². The molecule has 0 aromatic heterocycles. The van der Waals surface area contributed by atoms with E-state index in [2.05, 4.69) is 10.8 Å². The maximum atomic E-state index is 10.8. The van der Waals surface area contributed by atoms with Gasteiger partial charge in [-0.15, -0.1) is 0 Å². The van der Waals surface area contributed by atoms with Crippen molar-refractivity contribution in [3.8, 4) is 5.75 Å². The third-order valence-electron chi connectivity index (χ3n) is 1.36. The van der Waals surface area contributed by atoms with E-state index in [0.717, 1.165) is 0 Å². The highest BCUT2D eigenvalue weighted by atomic mass is 16.6. The van der Waals surface area contributed by atoms with Crippen LogP contribution in [0.25, 0.3) is 0 Å². The highest BCUT2D eigenvalue weighted by molar-refractivity contribution is 5.72. The fraction of sp³-hybridized carbons (Fsp3) is 0. The molecule has 4 heteroatoms. The quantitative estimate of drug-likeness (QED) is 0.524. The number of rotatable bonds is 0. The monoisotopic (exact) mass is 149 g/mol. The molecule has 0 unspecified atom stereocenters. The van der Waals surface area contributed by atoms with Crippen LogP contribution in [0.1, 0.15) is 0 Å². The topological polar surface area (TPSA) is 46.4 Å². The molecule has 1 aliphatic rings. The van der Waals surface area contributed by atoms with E-state index in [1.54, 1.807) is 18.2 Å². The third kappa shape index (κ3) is 0.724. The number of ether oxygens (including phenoxy) is 1. The Bertz CT molecular complexity index is 345. The van der Waals surface area contributed by atoms with E-state index in [1.165, 1.54) is 0 Å². The van der Waals surface area contributed by atoms with Crippen molar-refractivity contribution in [2.45, 2.75) is 0 Å². The van der Waals surface area contributed by atoms with Crippen LogP contribution in [0, 0.1) is 11.0 Å². The number of carbonyl (C=O) groups excluding carboxylic acids is 1. The maximum Gasteiger partial charge on any atom is 0.657 e. The molecule has 11 heavy (non-hydrogen) atoms. The lowest BCUT2D eigenvalue weighted by molar-refractivity contribution is -0.357. The standard InChI is InChI=1S/C7H3NO3/c9-7-8(10)5-3-1-2-4-6(5)11-7/h1-2,4H/q+1.